The molecule has 4 aromatic rings. The molecule has 0 radical (unpaired) electrons. The molecular weight excluding hydrogens is 407 g/mol. The van der Waals surface area contributed by atoms with E-state index in [0.717, 1.165) is 47.7 Å². The monoisotopic (exact) mass is 432 g/mol. The van der Waals surface area contributed by atoms with Crippen molar-refractivity contribution in [2.24, 2.45) is 0 Å². The van der Waals surface area contributed by atoms with Crippen molar-refractivity contribution in [2.75, 3.05) is 11.9 Å². The fourth-order valence-electron chi connectivity index (χ4n) is 3.48. The molecule has 0 unspecified atom stereocenters. The molecule has 0 aliphatic rings. The first-order chi connectivity index (χ1) is 15.5. The van der Waals surface area contributed by atoms with E-state index < -0.39 is 0 Å². The van der Waals surface area contributed by atoms with Crippen LogP contribution in [0.5, 0.6) is 0 Å². The summed E-state index contributed by atoms with van der Waals surface area (Å²) in [5, 5.41) is 21.8. The quantitative estimate of drug-likeness (QED) is 0.409. The summed E-state index contributed by atoms with van der Waals surface area (Å²) >= 11 is 0. The molecule has 4 rings (SSSR count). The van der Waals surface area contributed by atoms with Crippen LogP contribution in [0.2, 0.25) is 0 Å². The third-order valence-corrected chi connectivity index (χ3v) is 5.18. The van der Waals surface area contributed by atoms with Gasteiger partial charge in [-0.25, -0.2) is 14.4 Å². The molecule has 7 nitrogen and oxygen atoms in total. The molecule has 0 saturated carbocycles. The number of imidazole rings is 1. The Bertz CT molecular complexity index is 1210. The third-order valence-electron chi connectivity index (χ3n) is 5.18. The number of halogens is 1. The number of nitrogens with zero attached hydrogens (tertiary/aromatic N) is 5. The first kappa shape index (κ1) is 21.6. The molecule has 2 N–H and O–H groups in total. The van der Waals surface area contributed by atoms with Crippen LogP contribution in [-0.4, -0.2) is 36.4 Å². The first-order valence-electron chi connectivity index (χ1n) is 10.5. The molecule has 0 aliphatic heterocycles. The number of nitrogens with one attached hydrogen (secondary N) is 1. The largest absolute Gasteiger partial charge is 0.390 e. The summed E-state index contributed by atoms with van der Waals surface area (Å²) in [4.78, 5) is 8.82. The van der Waals surface area contributed by atoms with Gasteiger partial charge < -0.3 is 15.0 Å². The SMILES string of the molecule is Cc1cn(-c2ccc(-c3cc(C)c(NCCCc4ccc(F)cc4)nn3)nc2CO)cn1. The third kappa shape index (κ3) is 4.97. The van der Waals surface area contributed by atoms with Crippen molar-refractivity contribution in [1.29, 1.82) is 0 Å². The van der Waals surface area contributed by atoms with Gasteiger partial charge in [0.05, 0.1) is 35.7 Å². The van der Waals surface area contributed by atoms with Gasteiger partial charge in [0.15, 0.2) is 5.82 Å². The van der Waals surface area contributed by atoms with Gasteiger partial charge in [0.1, 0.15) is 11.5 Å². The molecule has 0 spiro atoms. The number of aryl methyl sites for hydroxylation is 3. The van der Waals surface area contributed by atoms with Gasteiger partial charge in [-0.3, -0.25) is 0 Å². The molecule has 0 atom stereocenters. The van der Waals surface area contributed by atoms with Crippen LogP contribution in [0.15, 0.2) is 55.0 Å². The summed E-state index contributed by atoms with van der Waals surface area (Å²) in [6, 6.07) is 12.3. The van der Waals surface area contributed by atoms with Crippen LogP contribution in [0, 0.1) is 19.7 Å². The van der Waals surface area contributed by atoms with Gasteiger partial charge in [0.2, 0.25) is 0 Å². The maximum atomic E-state index is 13.0. The van der Waals surface area contributed by atoms with Gasteiger partial charge in [-0.05, 0) is 68.1 Å². The van der Waals surface area contributed by atoms with Gasteiger partial charge in [0, 0.05) is 12.7 Å². The van der Waals surface area contributed by atoms with Crippen molar-refractivity contribution < 1.29 is 9.50 Å². The van der Waals surface area contributed by atoms with Crippen molar-refractivity contribution in [3.05, 3.63) is 83.3 Å². The summed E-state index contributed by atoms with van der Waals surface area (Å²) in [5.74, 6) is 0.505. The summed E-state index contributed by atoms with van der Waals surface area (Å²) in [7, 11) is 0. The maximum Gasteiger partial charge on any atom is 0.151 e. The second-order valence-corrected chi connectivity index (χ2v) is 7.66. The number of hydrogen-bond donors (Lipinski definition) is 2. The van der Waals surface area contributed by atoms with Gasteiger partial charge in [-0.15, -0.1) is 10.2 Å². The fourth-order valence-corrected chi connectivity index (χ4v) is 3.48. The minimum absolute atomic E-state index is 0.194. The first-order valence-corrected chi connectivity index (χ1v) is 10.5. The lowest BCUT2D eigenvalue weighted by Gasteiger charge is -2.11. The Morgan fingerprint density at radius 3 is 2.53 bits per heavy atom. The van der Waals surface area contributed by atoms with Gasteiger partial charge in [-0.2, -0.15) is 0 Å². The number of aliphatic hydroxyl groups is 1. The van der Waals surface area contributed by atoms with Crippen LogP contribution in [0.1, 0.15) is 28.9 Å². The van der Waals surface area contributed by atoms with E-state index in [9.17, 15) is 9.50 Å². The summed E-state index contributed by atoms with van der Waals surface area (Å²) in [6.07, 6.45) is 5.33. The van der Waals surface area contributed by atoms with E-state index in [4.69, 9.17) is 0 Å². The van der Waals surface area contributed by atoms with E-state index in [1.54, 1.807) is 6.33 Å². The highest BCUT2D eigenvalue weighted by Gasteiger charge is 2.12. The standard InChI is InChI=1S/C24H25FN6O/c1-16-12-21(20-9-10-23(22(14-32)28-20)31-13-17(2)27-15-31)29-30-24(16)26-11-3-4-18-5-7-19(25)8-6-18/h5-10,12-13,15,32H,3-4,11,14H2,1-2H3,(H,26,30). The van der Waals surface area contributed by atoms with E-state index in [-0.39, 0.29) is 12.4 Å². The number of hydrogen-bond acceptors (Lipinski definition) is 6. The van der Waals surface area contributed by atoms with E-state index in [2.05, 4.69) is 25.5 Å². The van der Waals surface area contributed by atoms with Gasteiger partial charge in [-0.1, -0.05) is 12.1 Å². The number of anilines is 1. The molecule has 3 aromatic heterocycles. The predicted molar refractivity (Wildman–Crippen MR) is 121 cm³/mol. The smallest absolute Gasteiger partial charge is 0.151 e. The number of aromatic nitrogens is 5. The van der Waals surface area contributed by atoms with E-state index >= 15 is 0 Å². The van der Waals surface area contributed by atoms with Gasteiger partial charge in [0.25, 0.3) is 0 Å². The van der Waals surface area contributed by atoms with Crippen LogP contribution in [-0.2, 0) is 13.0 Å². The average molecular weight is 433 g/mol. The van der Waals surface area contributed by atoms with Crippen LogP contribution in [0.25, 0.3) is 17.1 Å². The van der Waals surface area contributed by atoms with Crippen molar-refractivity contribution in [3.63, 3.8) is 0 Å². The second-order valence-electron chi connectivity index (χ2n) is 7.66. The lowest BCUT2D eigenvalue weighted by molar-refractivity contribution is 0.276. The highest BCUT2D eigenvalue weighted by Crippen LogP contribution is 2.22. The summed E-state index contributed by atoms with van der Waals surface area (Å²) in [5.41, 5.74) is 5.56. The average Bonchev–Trinajstić information content (AvgIpc) is 3.24. The van der Waals surface area contributed by atoms with Crippen LogP contribution in [0.3, 0.4) is 0 Å². The summed E-state index contributed by atoms with van der Waals surface area (Å²) in [6.45, 7) is 4.42. The highest BCUT2D eigenvalue weighted by molar-refractivity contribution is 5.59. The lowest BCUT2D eigenvalue weighted by atomic mass is 10.1. The number of pyridine rings is 1. The van der Waals surface area contributed by atoms with Crippen molar-refractivity contribution in [3.8, 4) is 17.1 Å². The molecular formula is C24H25FN6O. The molecule has 164 valence electrons. The van der Waals surface area contributed by atoms with E-state index in [1.807, 2.05) is 54.9 Å². The molecule has 0 fully saturated rings. The normalized spacial score (nSPS) is 11.0. The van der Waals surface area contributed by atoms with Crippen molar-refractivity contribution in [1.82, 2.24) is 24.7 Å². The van der Waals surface area contributed by atoms with E-state index in [1.165, 1.54) is 12.1 Å². The van der Waals surface area contributed by atoms with Crippen LogP contribution in [0.4, 0.5) is 10.2 Å². The highest BCUT2D eigenvalue weighted by atomic mass is 19.1. The van der Waals surface area contributed by atoms with Gasteiger partial charge >= 0.3 is 0 Å². The number of benzene rings is 1. The molecule has 0 amide bonds. The van der Waals surface area contributed by atoms with E-state index in [0.29, 0.717) is 17.1 Å². The Balaban J connectivity index is 1.42. The molecule has 3 heterocycles. The zero-order chi connectivity index (χ0) is 22.5. The number of rotatable bonds is 8. The molecule has 0 saturated heterocycles. The zero-order valence-corrected chi connectivity index (χ0v) is 18.1. The Labute approximate surface area is 186 Å². The molecule has 1 aromatic carbocycles. The topological polar surface area (TPSA) is 88.8 Å². The zero-order valence-electron chi connectivity index (χ0n) is 18.1. The Kier molecular flexibility index (Phi) is 6.51. The molecule has 32 heavy (non-hydrogen) atoms. The minimum atomic E-state index is -0.218. The van der Waals surface area contributed by atoms with Crippen molar-refractivity contribution >= 4 is 5.82 Å². The second kappa shape index (κ2) is 9.65. The van der Waals surface area contributed by atoms with Crippen molar-refractivity contribution in [2.45, 2.75) is 33.3 Å². The minimum Gasteiger partial charge on any atom is -0.390 e. The Morgan fingerprint density at radius 2 is 1.84 bits per heavy atom. The number of aliphatic hydroxyl groups excluding tert-OH is 1. The fraction of sp³-hybridized carbons (Fsp3) is 0.250. The molecule has 0 bridgehead atoms. The Morgan fingerprint density at radius 1 is 1.03 bits per heavy atom. The van der Waals surface area contributed by atoms with Crippen LogP contribution < -0.4 is 5.32 Å². The lowest BCUT2D eigenvalue weighted by Crippen LogP contribution is -2.08. The Hall–Kier alpha value is -3.65. The summed E-state index contributed by atoms with van der Waals surface area (Å²) < 4.78 is 14.8. The predicted octanol–water partition coefficient (Wildman–Crippen LogP) is 4.02. The van der Waals surface area contributed by atoms with Crippen LogP contribution >= 0.6 is 0 Å². The maximum absolute atomic E-state index is 13.0. The molecule has 0 aliphatic carbocycles. The molecule has 8 heteroatoms.